The third kappa shape index (κ3) is 5.37. The summed E-state index contributed by atoms with van der Waals surface area (Å²) >= 11 is 3.48. The minimum absolute atomic E-state index is 0.911. The lowest BCUT2D eigenvalue weighted by molar-refractivity contribution is 0.410. The molecule has 1 N–H and O–H groups in total. The molecule has 2 nitrogen and oxygen atoms in total. The lowest BCUT2D eigenvalue weighted by atomic mass is 10.1. The minimum atomic E-state index is 0.911. The summed E-state index contributed by atoms with van der Waals surface area (Å²) in [5, 5.41) is 3.30. The van der Waals surface area contributed by atoms with Crippen LogP contribution >= 0.6 is 15.9 Å². The quantitative estimate of drug-likeness (QED) is 0.614. The van der Waals surface area contributed by atoms with Crippen LogP contribution in [0.1, 0.15) is 18.9 Å². The monoisotopic (exact) mass is 297 g/mol. The molecular formula is C14H20BrNO. The number of hydrogen-bond acceptors (Lipinski definition) is 2. The number of allylic oxidation sites excluding steroid dienone is 1. The summed E-state index contributed by atoms with van der Waals surface area (Å²) in [6, 6.07) is 6.09. The van der Waals surface area contributed by atoms with Crippen molar-refractivity contribution < 1.29 is 4.74 Å². The van der Waals surface area contributed by atoms with E-state index in [1.165, 1.54) is 5.56 Å². The van der Waals surface area contributed by atoms with Crippen molar-refractivity contribution in [1.29, 1.82) is 0 Å². The van der Waals surface area contributed by atoms with E-state index >= 15 is 0 Å². The molecule has 17 heavy (non-hydrogen) atoms. The SMILES string of the molecule is CCNCCC=CCc1cc(Br)ccc1OC. The second-order valence-electron chi connectivity index (χ2n) is 3.77. The van der Waals surface area contributed by atoms with Crippen molar-refractivity contribution in [2.75, 3.05) is 20.2 Å². The summed E-state index contributed by atoms with van der Waals surface area (Å²) in [6.07, 6.45) is 6.39. The van der Waals surface area contributed by atoms with Gasteiger partial charge in [0, 0.05) is 4.47 Å². The van der Waals surface area contributed by atoms with Gasteiger partial charge in [0.05, 0.1) is 7.11 Å². The predicted octanol–water partition coefficient (Wildman–Crippen LogP) is 3.56. The summed E-state index contributed by atoms with van der Waals surface area (Å²) < 4.78 is 6.42. The Labute approximate surface area is 112 Å². The molecular weight excluding hydrogens is 278 g/mol. The Morgan fingerprint density at radius 1 is 1.35 bits per heavy atom. The number of methoxy groups -OCH3 is 1. The molecule has 0 bridgehead atoms. The van der Waals surface area contributed by atoms with Gasteiger partial charge < -0.3 is 10.1 Å². The maximum absolute atomic E-state index is 5.33. The highest BCUT2D eigenvalue weighted by Gasteiger charge is 2.01. The van der Waals surface area contributed by atoms with Crippen molar-refractivity contribution >= 4 is 15.9 Å². The molecule has 0 saturated heterocycles. The van der Waals surface area contributed by atoms with Gasteiger partial charge in [0.15, 0.2) is 0 Å². The fourth-order valence-electron chi connectivity index (χ4n) is 1.60. The van der Waals surface area contributed by atoms with Crippen LogP contribution < -0.4 is 10.1 Å². The van der Waals surface area contributed by atoms with Gasteiger partial charge >= 0.3 is 0 Å². The molecule has 1 aromatic rings. The van der Waals surface area contributed by atoms with E-state index in [0.29, 0.717) is 0 Å². The van der Waals surface area contributed by atoms with Gasteiger partial charge in [-0.05, 0) is 49.7 Å². The Kier molecular flexibility index (Phi) is 6.97. The predicted molar refractivity (Wildman–Crippen MR) is 76.7 cm³/mol. The Morgan fingerprint density at radius 2 is 2.18 bits per heavy atom. The van der Waals surface area contributed by atoms with Gasteiger partial charge in [0.25, 0.3) is 0 Å². The number of halogens is 1. The van der Waals surface area contributed by atoms with Gasteiger partial charge in [-0.1, -0.05) is 35.0 Å². The zero-order valence-corrected chi connectivity index (χ0v) is 12.1. The van der Waals surface area contributed by atoms with Crippen LogP contribution in [0.5, 0.6) is 5.75 Å². The number of ether oxygens (including phenoxy) is 1. The molecule has 1 rings (SSSR count). The van der Waals surface area contributed by atoms with Gasteiger partial charge in [0.2, 0.25) is 0 Å². The fraction of sp³-hybridized carbons (Fsp3) is 0.429. The molecule has 0 amide bonds. The van der Waals surface area contributed by atoms with E-state index in [2.05, 4.69) is 46.4 Å². The van der Waals surface area contributed by atoms with Gasteiger partial charge in [0.1, 0.15) is 5.75 Å². The highest BCUT2D eigenvalue weighted by atomic mass is 79.9. The topological polar surface area (TPSA) is 21.3 Å². The van der Waals surface area contributed by atoms with E-state index in [0.717, 1.165) is 36.2 Å². The summed E-state index contributed by atoms with van der Waals surface area (Å²) in [4.78, 5) is 0. The van der Waals surface area contributed by atoms with Crippen LogP contribution in [0.15, 0.2) is 34.8 Å². The number of benzene rings is 1. The third-order valence-electron chi connectivity index (χ3n) is 2.48. The average Bonchev–Trinajstić information content (AvgIpc) is 2.34. The number of nitrogens with one attached hydrogen (secondary N) is 1. The second kappa shape index (κ2) is 8.31. The van der Waals surface area contributed by atoms with Crippen LogP contribution in [-0.4, -0.2) is 20.2 Å². The molecule has 94 valence electrons. The lowest BCUT2D eigenvalue weighted by Gasteiger charge is -2.06. The Hall–Kier alpha value is -0.800. The molecule has 0 aliphatic rings. The smallest absolute Gasteiger partial charge is 0.122 e. The van der Waals surface area contributed by atoms with Crippen LogP contribution in [0.25, 0.3) is 0 Å². The first-order valence-electron chi connectivity index (χ1n) is 5.96. The highest BCUT2D eigenvalue weighted by Crippen LogP contribution is 2.23. The van der Waals surface area contributed by atoms with Crippen molar-refractivity contribution in [1.82, 2.24) is 5.32 Å². The van der Waals surface area contributed by atoms with Gasteiger partial charge in [-0.15, -0.1) is 0 Å². The molecule has 0 radical (unpaired) electrons. The van der Waals surface area contributed by atoms with Crippen molar-refractivity contribution in [3.63, 3.8) is 0 Å². The fourth-order valence-corrected chi connectivity index (χ4v) is 2.01. The summed E-state index contributed by atoms with van der Waals surface area (Å²) in [6.45, 7) is 4.20. The molecule has 0 heterocycles. The van der Waals surface area contributed by atoms with E-state index in [1.54, 1.807) is 7.11 Å². The Balaban J connectivity index is 2.47. The normalized spacial score (nSPS) is 11.0. The average molecular weight is 298 g/mol. The molecule has 0 spiro atoms. The summed E-state index contributed by atoms with van der Waals surface area (Å²) in [5.41, 5.74) is 1.21. The largest absolute Gasteiger partial charge is 0.496 e. The van der Waals surface area contributed by atoms with Crippen LogP contribution in [0, 0.1) is 0 Å². The molecule has 0 aliphatic heterocycles. The van der Waals surface area contributed by atoms with Crippen molar-refractivity contribution in [2.45, 2.75) is 19.8 Å². The van der Waals surface area contributed by atoms with E-state index in [9.17, 15) is 0 Å². The molecule has 0 unspecified atom stereocenters. The minimum Gasteiger partial charge on any atom is -0.496 e. The van der Waals surface area contributed by atoms with Crippen molar-refractivity contribution in [3.8, 4) is 5.75 Å². The molecule has 0 saturated carbocycles. The van der Waals surface area contributed by atoms with Crippen LogP contribution in [-0.2, 0) is 6.42 Å². The second-order valence-corrected chi connectivity index (χ2v) is 4.69. The number of hydrogen-bond donors (Lipinski definition) is 1. The summed E-state index contributed by atoms with van der Waals surface area (Å²) in [5.74, 6) is 0.949. The summed E-state index contributed by atoms with van der Waals surface area (Å²) in [7, 11) is 1.71. The van der Waals surface area contributed by atoms with Gasteiger partial charge in [-0.3, -0.25) is 0 Å². The van der Waals surface area contributed by atoms with Crippen LogP contribution in [0.4, 0.5) is 0 Å². The van der Waals surface area contributed by atoms with E-state index in [-0.39, 0.29) is 0 Å². The maximum Gasteiger partial charge on any atom is 0.122 e. The van der Waals surface area contributed by atoms with Crippen molar-refractivity contribution in [2.24, 2.45) is 0 Å². The first-order valence-corrected chi connectivity index (χ1v) is 6.75. The number of rotatable bonds is 7. The van der Waals surface area contributed by atoms with Crippen LogP contribution in [0.2, 0.25) is 0 Å². The molecule has 0 aromatic heterocycles. The van der Waals surface area contributed by atoms with Crippen LogP contribution in [0.3, 0.4) is 0 Å². The highest BCUT2D eigenvalue weighted by molar-refractivity contribution is 9.10. The zero-order chi connectivity index (χ0) is 12.5. The maximum atomic E-state index is 5.33. The third-order valence-corrected chi connectivity index (χ3v) is 2.98. The van der Waals surface area contributed by atoms with Gasteiger partial charge in [-0.25, -0.2) is 0 Å². The first kappa shape index (κ1) is 14.3. The Bertz CT molecular complexity index is 363. The van der Waals surface area contributed by atoms with E-state index in [4.69, 9.17) is 4.74 Å². The molecule has 0 aliphatic carbocycles. The zero-order valence-electron chi connectivity index (χ0n) is 10.5. The molecule has 0 fully saturated rings. The van der Waals surface area contributed by atoms with E-state index < -0.39 is 0 Å². The molecule has 0 atom stereocenters. The molecule has 1 aromatic carbocycles. The molecule has 3 heteroatoms. The first-order chi connectivity index (χ1) is 8.27. The Morgan fingerprint density at radius 3 is 2.88 bits per heavy atom. The van der Waals surface area contributed by atoms with Gasteiger partial charge in [-0.2, -0.15) is 0 Å². The van der Waals surface area contributed by atoms with E-state index in [1.807, 2.05) is 12.1 Å². The van der Waals surface area contributed by atoms with Crippen molar-refractivity contribution in [3.05, 3.63) is 40.4 Å². The lowest BCUT2D eigenvalue weighted by Crippen LogP contribution is -2.12. The standard InChI is InChI=1S/C14H20BrNO/c1-3-16-10-6-4-5-7-12-11-13(15)8-9-14(12)17-2/h4-5,8-9,11,16H,3,6-7,10H2,1-2H3.